The Morgan fingerprint density at radius 3 is 2.69 bits per heavy atom. The summed E-state index contributed by atoms with van der Waals surface area (Å²) in [6.45, 7) is 8.46. The lowest BCUT2D eigenvalue weighted by Crippen LogP contribution is -2.27. The van der Waals surface area contributed by atoms with E-state index in [4.69, 9.17) is 4.74 Å². The predicted molar refractivity (Wildman–Crippen MR) is 116 cm³/mol. The van der Waals surface area contributed by atoms with E-state index in [1.807, 2.05) is 68.8 Å². The first-order chi connectivity index (χ1) is 13.8. The molecule has 1 aliphatic rings. The number of amides is 1. The molecule has 1 aliphatic heterocycles. The second-order valence-corrected chi connectivity index (χ2v) is 9.59. The van der Waals surface area contributed by atoms with Gasteiger partial charge in [0, 0.05) is 16.4 Å². The van der Waals surface area contributed by atoms with Crippen LogP contribution in [-0.4, -0.2) is 26.5 Å². The summed E-state index contributed by atoms with van der Waals surface area (Å²) < 4.78 is 19.7. The maximum atomic E-state index is 13.5. The van der Waals surface area contributed by atoms with Gasteiger partial charge in [-0.2, -0.15) is 5.10 Å². The van der Waals surface area contributed by atoms with Gasteiger partial charge in [-0.05, 0) is 44.5 Å². The van der Waals surface area contributed by atoms with Crippen molar-refractivity contribution in [3.63, 3.8) is 0 Å². The van der Waals surface area contributed by atoms with Crippen molar-refractivity contribution < 1.29 is 13.7 Å². The van der Waals surface area contributed by atoms with Crippen LogP contribution in [0.15, 0.2) is 36.4 Å². The molecule has 0 aliphatic carbocycles. The van der Waals surface area contributed by atoms with Gasteiger partial charge in [-0.1, -0.05) is 30.3 Å². The minimum Gasteiger partial charge on any atom is -0.493 e. The van der Waals surface area contributed by atoms with Crippen LogP contribution >= 0.6 is 0 Å². The molecule has 7 heteroatoms. The minimum atomic E-state index is -0.974. The normalized spacial score (nSPS) is 16.1. The third-order valence-corrected chi connectivity index (χ3v) is 6.16. The zero-order valence-corrected chi connectivity index (χ0v) is 17.9. The van der Waals surface area contributed by atoms with Crippen molar-refractivity contribution >= 4 is 33.3 Å². The second kappa shape index (κ2) is 7.30. The number of benzene rings is 2. The van der Waals surface area contributed by atoms with E-state index in [9.17, 15) is 9.00 Å². The van der Waals surface area contributed by atoms with Crippen LogP contribution in [0.5, 0.6) is 5.75 Å². The quantitative estimate of drug-likeness (QED) is 0.698. The smallest absolute Gasteiger partial charge is 0.261 e. The van der Waals surface area contributed by atoms with E-state index in [0.717, 1.165) is 22.0 Å². The number of nitrogens with zero attached hydrogens (tertiary/aromatic N) is 2. The minimum absolute atomic E-state index is 0.254. The Kier molecular flexibility index (Phi) is 4.94. The van der Waals surface area contributed by atoms with Crippen molar-refractivity contribution in [1.82, 2.24) is 9.78 Å². The molecule has 0 saturated heterocycles. The molecular weight excluding hydrogens is 386 g/mol. The molecule has 0 spiro atoms. The number of anilines is 1. The molecule has 152 valence electrons. The molecule has 1 amide bonds. The average molecular weight is 412 g/mol. The van der Waals surface area contributed by atoms with E-state index in [0.29, 0.717) is 35.2 Å². The zero-order chi connectivity index (χ0) is 20.8. The highest BCUT2D eigenvalue weighted by Gasteiger charge is 2.32. The maximum Gasteiger partial charge on any atom is 0.261 e. The van der Waals surface area contributed by atoms with Crippen LogP contribution in [0.2, 0.25) is 0 Å². The van der Waals surface area contributed by atoms with Crippen molar-refractivity contribution in [2.24, 2.45) is 0 Å². The lowest BCUT2D eigenvalue weighted by atomic mass is 10.0. The Labute approximate surface area is 172 Å². The standard InChI is InChI=1S/C22H25N3O3S/c1-5-28-18-11-10-14-8-6-7-9-15(14)19(18)21(26)23-20-16-12-29(27)13-17(16)24-25(20)22(2,3)4/h6-11H,5,12-13H2,1-4H3,(H,23,26)/t29-/m1/s1. The summed E-state index contributed by atoms with van der Waals surface area (Å²) in [5, 5.41) is 9.53. The number of carbonyl (C=O) groups excluding carboxylic acids is 1. The number of rotatable bonds is 4. The molecule has 29 heavy (non-hydrogen) atoms. The van der Waals surface area contributed by atoms with Crippen molar-refractivity contribution in [3.8, 4) is 5.75 Å². The number of hydrogen-bond donors (Lipinski definition) is 1. The van der Waals surface area contributed by atoms with Crippen LogP contribution in [0.1, 0.15) is 49.3 Å². The van der Waals surface area contributed by atoms with E-state index in [1.165, 1.54) is 0 Å². The highest BCUT2D eigenvalue weighted by atomic mass is 32.2. The predicted octanol–water partition coefficient (Wildman–Crippen LogP) is 4.20. The summed E-state index contributed by atoms with van der Waals surface area (Å²) in [4.78, 5) is 13.5. The number of nitrogens with one attached hydrogen (secondary N) is 1. The lowest BCUT2D eigenvalue weighted by Gasteiger charge is -2.23. The first-order valence-electron chi connectivity index (χ1n) is 9.71. The maximum absolute atomic E-state index is 13.5. The highest BCUT2D eigenvalue weighted by Crippen LogP contribution is 2.35. The number of hydrogen-bond acceptors (Lipinski definition) is 4. The Morgan fingerprint density at radius 1 is 1.21 bits per heavy atom. The van der Waals surface area contributed by atoms with Crippen LogP contribution in [0.3, 0.4) is 0 Å². The molecule has 3 aromatic rings. The van der Waals surface area contributed by atoms with Crippen LogP contribution in [0, 0.1) is 0 Å². The van der Waals surface area contributed by atoms with Gasteiger partial charge in [0.25, 0.3) is 5.91 Å². The van der Waals surface area contributed by atoms with Gasteiger partial charge in [0.15, 0.2) is 0 Å². The second-order valence-electron chi connectivity index (χ2n) is 8.13. The zero-order valence-electron chi connectivity index (χ0n) is 17.1. The van der Waals surface area contributed by atoms with Gasteiger partial charge in [-0.25, -0.2) is 4.68 Å². The van der Waals surface area contributed by atoms with Crippen LogP contribution < -0.4 is 10.1 Å². The number of carbonyl (C=O) groups is 1. The van der Waals surface area contributed by atoms with Gasteiger partial charge < -0.3 is 10.1 Å². The molecule has 1 N–H and O–H groups in total. The van der Waals surface area contributed by atoms with Gasteiger partial charge >= 0.3 is 0 Å². The fourth-order valence-corrected chi connectivity index (χ4v) is 4.94. The summed E-state index contributed by atoms with van der Waals surface area (Å²) >= 11 is 0. The summed E-state index contributed by atoms with van der Waals surface area (Å²) in [6, 6.07) is 11.5. The first kappa shape index (κ1) is 19.6. The largest absolute Gasteiger partial charge is 0.493 e. The molecule has 2 aromatic carbocycles. The highest BCUT2D eigenvalue weighted by molar-refractivity contribution is 7.83. The summed E-state index contributed by atoms with van der Waals surface area (Å²) in [5.41, 5.74) is 1.84. The van der Waals surface area contributed by atoms with Crippen molar-refractivity contribution in [2.45, 2.75) is 44.7 Å². The van der Waals surface area contributed by atoms with E-state index in [1.54, 1.807) is 0 Å². The van der Waals surface area contributed by atoms with Gasteiger partial charge in [0.05, 0.1) is 34.9 Å². The Morgan fingerprint density at radius 2 is 1.97 bits per heavy atom. The molecule has 1 aromatic heterocycles. The summed E-state index contributed by atoms with van der Waals surface area (Å²) in [6.07, 6.45) is 0. The van der Waals surface area contributed by atoms with E-state index >= 15 is 0 Å². The number of ether oxygens (including phenoxy) is 1. The molecular formula is C22H25N3O3S. The van der Waals surface area contributed by atoms with E-state index in [-0.39, 0.29) is 11.4 Å². The van der Waals surface area contributed by atoms with Crippen LogP contribution in [0.4, 0.5) is 5.82 Å². The fourth-order valence-electron chi connectivity index (χ4n) is 3.67. The van der Waals surface area contributed by atoms with Gasteiger partial charge in [-0.15, -0.1) is 0 Å². The SMILES string of the molecule is CCOc1ccc2ccccc2c1C(=O)Nc1c2c(nn1C(C)(C)C)C[S@](=O)C2. The van der Waals surface area contributed by atoms with Gasteiger partial charge in [0.2, 0.25) is 0 Å². The molecule has 1 atom stereocenters. The van der Waals surface area contributed by atoms with Gasteiger partial charge in [-0.3, -0.25) is 9.00 Å². The first-order valence-corrected chi connectivity index (χ1v) is 11.2. The van der Waals surface area contributed by atoms with Crippen molar-refractivity contribution in [3.05, 3.63) is 53.2 Å². The Balaban J connectivity index is 1.82. The molecule has 0 unspecified atom stereocenters. The van der Waals surface area contributed by atoms with E-state index < -0.39 is 10.8 Å². The van der Waals surface area contributed by atoms with Crippen LogP contribution in [-0.2, 0) is 27.8 Å². The average Bonchev–Trinajstić information content (AvgIpc) is 3.18. The molecule has 6 nitrogen and oxygen atoms in total. The molecule has 0 radical (unpaired) electrons. The fraction of sp³-hybridized carbons (Fsp3) is 0.364. The lowest BCUT2D eigenvalue weighted by molar-refractivity contribution is 0.102. The van der Waals surface area contributed by atoms with Crippen LogP contribution in [0.25, 0.3) is 10.8 Å². The van der Waals surface area contributed by atoms with E-state index in [2.05, 4.69) is 10.4 Å². The molecule has 0 bridgehead atoms. The topological polar surface area (TPSA) is 73.2 Å². The Bertz CT molecular complexity index is 1130. The number of fused-ring (bicyclic) bond motifs is 2. The van der Waals surface area contributed by atoms with Crippen molar-refractivity contribution in [1.29, 1.82) is 0 Å². The monoisotopic (exact) mass is 411 g/mol. The third-order valence-electron chi connectivity index (χ3n) is 4.95. The molecule has 0 fully saturated rings. The summed E-state index contributed by atoms with van der Waals surface area (Å²) in [5.74, 6) is 1.76. The molecule has 0 saturated carbocycles. The Hall–Kier alpha value is -2.67. The van der Waals surface area contributed by atoms with Crippen molar-refractivity contribution in [2.75, 3.05) is 11.9 Å². The third kappa shape index (κ3) is 3.55. The molecule has 4 rings (SSSR count). The number of aromatic nitrogens is 2. The molecule has 2 heterocycles. The summed E-state index contributed by atoms with van der Waals surface area (Å²) in [7, 11) is -0.974. The van der Waals surface area contributed by atoms with Gasteiger partial charge in [0.1, 0.15) is 11.6 Å².